The zero-order chi connectivity index (χ0) is 5.40. The van der Waals surface area contributed by atoms with Gasteiger partial charge in [0.25, 0.3) is 0 Å². The molecule has 1 aliphatic carbocycles. The molecule has 0 N–H and O–H groups in total. The van der Waals surface area contributed by atoms with E-state index in [-0.39, 0.29) is 0 Å². The molecule has 1 aliphatic rings. The van der Waals surface area contributed by atoms with Crippen molar-refractivity contribution in [3.63, 3.8) is 0 Å². The van der Waals surface area contributed by atoms with Gasteiger partial charge in [0.2, 0.25) is 0 Å². The third-order valence-corrected chi connectivity index (χ3v) is 1.85. The van der Waals surface area contributed by atoms with Gasteiger partial charge in [-0.05, 0) is 6.08 Å². The second kappa shape index (κ2) is 1.31. The summed E-state index contributed by atoms with van der Waals surface area (Å²) >= 11 is 1.65. The second-order valence-corrected chi connectivity index (χ2v) is 2.44. The summed E-state index contributed by atoms with van der Waals surface area (Å²) in [6.07, 6.45) is 3.85. The lowest BCUT2D eigenvalue weighted by molar-refractivity contribution is 1.38. The zero-order valence-electron chi connectivity index (χ0n) is 4.09. The van der Waals surface area contributed by atoms with Gasteiger partial charge >= 0.3 is 0 Å². The van der Waals surface area contributed by atoms with E-state index in [1.165, 1.54) is 4.88 Å². The summed E-state index contributed by atoms with van der Waals surface area (Å²) in [7, 11) is 0. The van der Waals surface area contributed by atoms with Gasteiger partial charge in [-0.25, -0.2) is 4.98 Å². The van der Waals surface area contributed by atoms with Crippen LogP contribution in [-0.4, -0.2) is 4.98 Å². The molecule has 0 amide bonds. The number of hydrogen-bond acceptors (Lipinski definition) is 2. The van der Waals surface area contributed by atoms with Crippen molar-refractivity contribution in [1.82, 2.24) is 4.98 Å². The van der Waals surface area contributed by atoms with E-state index >= 15 is 0 Å². The second-order valence-electron chi connectivity index (χ2n) is 1.56. The third kappa shape index (κ3) is 0.386. The van der Waals surface area contributed by atoms with E-state index in [0.717, 1.165) is 5.69 Å². The first kappa shape index (κ1) is 4.07. The molecule has 1 aromatic rings. The van der Waals surface area contributed by atoms with Crippen molar-refractivity contribution in [3.05, 3.63) is 21.8 Å². The largest absolute Gasteiger partial charge is 0.244 e. The molecular formula is C6H3NS. The predicted molar refractivity (Wildman–Crippen MR) is 34.6 cm³/mol. The minimum Gasteiger partial charge on any atom is -0.244 e. The van der Waals surface area contributed by atoms with Gasteiger partial charge in [0.15, 0.2) is 0 Å². The highest BCUT2D eigenvalue weighted by molar-refractivity contribution is 7.10. The number of thiazole rings is 1. The lowest BCUT2D eigenvalue weighted by Crippen LogP contribution is -1.65. The monoisotopic (exact) mass is 121 g/mol. The van der Waals surface area contributed by atoms with Gasteiger partial charge in [0.1, 0.15) is 0 Å². The molecule has 0 aromatic carbocycles. The van der Waals surface area contributed by atoms with Crippen molar-refractivity contribution >= 4 is 23.5 Å². The molecule has 38 valence electrons. The standard InChI is InChI=1S/C6H3NS/c1-2-5-6(3-1)8-4-7-5/h2-4H. The molecule has 1 heterocycles. The Hall–Kier alpha value is -0.850. The molecule has 0 saturated heterocycles. The number of hydrogen-bond donors (Lipinski definition) is 0. The van der Waals surface area contributed by atoms with Crippen LogP contribution >= 0.6 is 11.3 Å². The van der Waals surface area contributed by atoms with Crippen molar-refractivity contribution in [2.75, 3.05) is 0 Å². The fraction of sp³-hybridized carbons (Fsp3) is 0. The van der Waals surface area contributed by atoms with E-state index < -0.39 is 0 Å². The number of fused-ring (bicyclic) bond motifs is 1. The fourth-order valence-corrected chi connectivity index (χ4v) is 1.32. The maximum atomic E-state index is 4.07. The fourth-order valence-electron chi connectivity index (χ4n) is 0.677. The highest BCUT2D eigenvalue weighted by atomic mass is 32.1. The highest BCUT2D eigenvalue weighted by Crippen LogP contribution is 2.19. The van der Waals surface area contributed by atoms with Crippen molar-refractivity contribution in [2.45, 2.75) is 0 Å². The molecule has 0 saturated carbocycles. The summed E-state index contributed by atoms with van der Waals surface area (Å²) in [6, 6.07) is 0. The normalized spacial score (nSPS) is 12.5. The Balaban J connectivity index is 2.78. The Morgan fingerprint density at radius 1 is 1.50 bits per heavy atom. The van der Waals surface area contributed by atoms with E-state index in [4.69, 9.17) is 0 Å². The van der Waals surface area contributed by atoms with Crippen molar-refractivity contribution in [3.8, 4) is 0 Å². The molecule has 0 radical (unpaired) electrons. The molecule has 1 nitrogen and oxygen atoms in total. The highest BCUT2D eigenvalue weighted by Gasteiger charge is 2.00. The van der Waals surface area contributed by atoms with Gasteiger partial charge in [-0.15, -0.1) is 17.1 Å². The van der Waals surface area contributed by atoms with E-state index in [0.29, 0.717) is 0 Å². The van der Waals surface area contributed by atoms with Crippen LogP contribution in [0.2, 0.25) is 0 Å². The maximum absolute atomic E-state index is 4.07. The third-order valence-electron chi connectivity index (χ3n) is 1.06. The van der Waals surface area contributed by atoms with Crippen LogP contribution < -0.4 is 0 Å². The number of nitrogens with zero attached hydrogens (tertiary/aromatic N) is 1. The van der Waals surface area contributed by atoms with Crippen LogP contribution in [0.5, 0.6) is 0 Å². The maximum Gasteiger partial charge on any atom is 0.0895 e. The van der Waals surface area contributed by atoms with Crippen molar-refractivity contribution in [2.24, 2.45) is 0 Å². The first-order valence-electron chi connectivity index (χ1n) is 2.33. The first-order valence-corrected chi connectivity index (χ1v) is 3.21. The van der Waals surface area contributed by atoms with Crippen molar-refractivity contribution in [1.29, 1.82) is 0 Å². The molecule has 2 heteroatoms. The van der Waals surface area contributed by atoms with Gasteiger partial charge in [0.05, 0.1) is 16.1 Å². The molecule has 2 rings (SSSR count). The summed E-state index contributed by atoms with van der Waals surface area (Å²) in [6.45, 7) is 0. The molecule has 0 atom stereocenters. The van der Waals surface area contributed by atoms with E-state index in [1.54, 1.807) is 11.3 Å². The molecule has 0 spiro atoms. The minimum atomic E-state index is 1.06. The molecule has 1 aromatic heterocycles. The summed E-state index contributed by atoms with van der Waals surface area (Å²) in [5.41, 5.74) is 5.88. The van der Waals surface area contributed by atoms with Crippen LogP contribution in [0.4, 0.5) is 0 Å². The van der Waals surface area contributed by atoms with Gasteiger partial charge in [-0.3, -0.25) is 0 Å². The van der Waals surface area contributed by atoms with Gasteiger partial charge < -0.3 is 0 Å². The lowest BCUT2D eigenvalue weighted by atomic mass is 10.4. The van der Waals surface area contributed by atoms with Crippen LogP contribution in [0.25, 0.3) is 12.2 Å². The minimum absolute atomic E-state index is 1.06. The van der Waals surface area contributed by atoms with Crippen LogP contribution in [0.15, 0.2) is 11.2 Å². The Morgan fingerprint density at radius 2 is 2.50 bits per heavy atom. The SMILES string of the molecule is C1=Cc2ncsc2C=1. The van der Waals surface area contributed by atoms with E-state index in [9.17, 15) is 0 Å². The quantitative estimate of drug-likeness (QED) is 0.484. The van der Waals surface area contributed by atoms with E-state index in [1.807, 2.05) is 17.7 Å². The van der Waals surface area contributed by atoms with Crippen LogP contribution in [0, 0.1) is 0 Å². The molecule has 0 unspecified atom stereocenters. The molecule has 8 heavy (non-hydrogen) atoms. The number of aromatic nitrogens is 1. The molecular weight excluding hydrogens is 118 g/mol. The summed E-state index contributed by atoms with van der Waals surface area (Å²) in [5, 5.41) is 0. The van der Waals surface area contributed by atoms with Crippen molar-refractivity contribution < 1.29 is 0 Å². The smallest absolute Gasteiger partial charge is 0.0895 e. The van der Waals surface area contributed by atoms with E-state index in [2.05, 4.69) is 10.7 Å². The molecule has 0 bridgehead atoms. The first-order chi connectivity index (χ1) is 3.97. The summed E-state index contributed by atoms with van der Waals surface area (Å²) in [4.78, 5) is 5.29. The van der Waals surface area contributed by atoms with Crippen LogP contribution in [0.3, 0.4) is 0 Å². The Kier molecular flexibility index (Phi) is 0.668. The summed E-state index contributed by atoms with van der Waals surface area (Å²) < 4.78 is 0. The Bertz CT molecular complexity index is 243. The topological polar surface area (TPSA) is 12.9 Å². The van der Waals surface area contributed by atoms with Gasteiger partial charge in [0, 0.05) is 6.08 Å². The molecule has 0 aliphatic heterocycles. The van der Waals surface area contributed by atoms with Gasteiger partial charge in [-0.2, -0.15) is 0 Å². The average molecular weight is 121 g/mol. The molecule has 0 fully saturated rings. The Labute approximate surface area is 51.0 Å². The average Bonchev–Trinajstić information content (AvgIpc) is 2.15. The zero-order valence-corrected chi connectivity index (χ0v) is 4.90. The van der Waals surface area contributed by atoms with Gasteiger partial charge in [-0.1, -0.05) is 0 Å². The predicted octanol–water partition coefficient (Wildman–Crippen LogP) is 1.78. The van der Waals surface area contributed by atoms with Crippen LogP contribution in [-0.2, 0) is 0 Å². The van der Waals surface area contributed by atoms with Crippen LogP contribution in [0.1, 0.15) is 10.6 Å². The number of rotatable bonds is 0. The summed E-state index contributed by atoms with van der Waals surface area (Å²) in [5.74, 6) is 0. The lowest BCUT2D eigenvalue weighted by Gasteiger charge is -1.74. The Morgan fingerprint density at radius 3 is 3.38 bits per heavy atom.